The van der Waals surface area contributed by atoms with E-state index in [9.17, 15) is 4.79 Å². The standard InChI is InChI=1S/C13H17BrN2OS/c1-2-15-7-9-16(10-8-15)13(17)6-4-11-3-5-12(14)18-11/h3-6H,2,7-10H2,1H3. The fourth-order valence-electron chi connectivity index (χ4n) is 1.96. The number of carbonyl (C=O) groups is 1. The van der Waals surface area contributed by atoms with Crippen molar-refractivity contribution in [2.45, 2.75) is 6.92 Å². The Morgan fingerprint density at radius 2 is 2.11 bits per heavy atom. The molecule has 1 aliphatic rings. The lowest BCUT2D eigenvalue weighted by Crippen LogP contribution is -2.48. The van der Waals surface area contributed by atoms with Crippen LogP contribution in [0.25, 0.3) is 6.08 Å². The van der Waals surface area contributed by atoms with Gasteiger partial charge in [-0.05, 0) is 40.7 Å². The number of carbonyl (C=O) groups excluding carboxylic acids is 1. The van der Waals surface area contributed by atoms with Gasteiger partial charge in [0.25, 0.3) is 0 Å². The van der Waals surface area contributed by atoms with Gasteiger partial charge >= 0.3 is 0 Å². The molecule has 0 aromatic carbocycles. The highest BCUT2D eigenvalue weighted by Crippen LogP contribution is 2.23. The normalized spacial score (nSPS) is 17.6. The third-order valence-corrected chi connectivity index (χ3v) is 4.70. The maximum atomic E-state index is 12.0. The van der Waals surface area contributed by atoms with Gasteiger partial charge in [-0.25, -0.2) is 0 Å². The molecule has 0 saturated carbocycles. The second-order valence-electron chi connectivity index (χ2n) is 4.23. The Hall–Kier alpha value is -0.650. The van der Waals surface area contributed by atoms with Crippen LogP contribution in [0.3, 0.4) is 0 Å². The first-order valence-electron chi connectivity index (χ1n) is 6.13. The average molecular weight is 329 g/mol. The maximum absolute atomic E-state index is 12.0. The number of likely N-dealkylation sites (N-methyl/N-ethyl adjacent to an activating group) is 1. The van der Waals surface area contributed by atoms with Gasteiger partial charge in [0.05, 0.1) is 3.79 Å². The molecule has 0 bridgehead atoms. The van der Waals surface area contributed by atoms with Crippen LogP contribution in [-0.4, -0.2) is 48.4 Å². The van der Waals surface area contributed by atoms with Gasteiger partial charge in [0.1, 0.15) is 0 Å². The van der Waals surface area contributed by atoms with Crippen molar-refractivity contribution in [1.29, 1.82) is 0 Å². The Morgan fingerprint density at radius 3 is 2.67 bits per heavy atom. The zero-order chi connectivity index (χ0) is 13.0. The number of piperazine rings is 1. The van der Waals surface area contributed by atoms with Gasteiger partial charge < -0.3 is 9.80 Å². The molecule has 1 amide bonds. The first-order chi connectivity index (χ1) is 8.69. The maximum Gasteiger partial charge on any atom is 0.246 e. The van der Waals surface area contributed by atoms with E-state index in [2.05, 4.69) is 27.8 Å². The van der Waals surface area contributed by atoms with E-state index in [4.69, 9.17) is 0 Å². The van der Waals surface area contributed by atoms with Crippen LogP contribution in [0.2, 0.25) is 0 Å². The van der Waals surface area contributed by atoms with Crippen molar-refractivity contribution in [3.63, 3.8) is 0 Å². The Kier molecular flexibility index (Phi) is 4.97. The molecule has 5 heteroatoms. The van der Waals surface area contributed by atoms with Crippen LogP contribution in [0, 0.1) is 0 Å². The molecule has 2 heterocycles. The summed E-state index contributed by atoms with van der Waals surface area (Å²) in [6.45, 7) is 6.88. The average Bonchev–Trinajstić information content (AvgIpc) is 2.82. The lowest BCUT2D eigenvalue weighted by molar-refractivity contribution is -0.127. The van der Waals surface area contributed by atoms with Crippen LogP contribution in [-0.2, 0) is 4.79 Å². The molecule has 18 heavy (non-hydrogen) atoms. The lowest BCUT2D eigenvalue weighted by atomic mass is 10.3. The Bertz CT molecular complexity index is 436. The first kappa shape index (κ1) is 13.8. The molecule has 0 aliphatic carbocycles. The Labute approximate surface area is 120 Å². The molecule has 1 fully saturated rings. The molecule has 0 unspecified atom stereocenters. The van der Waals surface area contributed by atoms with Crippen LogP contribution in [0.15, 0.2) is 22.0 Å². The third kappa shape index (κ3) is 3.67. The number of rotatable bonds is 3. The van der Waals surface area contributed by atoms with Crippen molar-refractivity contribution in [2.75, 3.05) is 32.7 Å². The quantitative estimate of drug-likeness (QED) is 0.796. The summed E-state index contributed by atoms with van der Waals surface area (Å²) in [6.07, 6.45) is 3.57. The molecule has 0 spiro atoms. The van der Waals surface area contributed by atoms with E-state index in [1.807, 2.05) is 23.1 Å². The monoisotopic (exact) mass is 328 g/mol. The molecule has 1 saturated heterocycles. The van der Waals surface area contributed by atoms with E-state index in [0.717, 1.165) is 41.4 Å². The summed E-state index contributed by atoms with van der Waals surface area (Å²) in [5.41, 5.74) is 0. The van der Waals surface area contributed by atoms with E-state index in [1.165, 1.54) is 0 Å². The van der Waals surface area contributed by atoms with E-state index >= 15 is 0 Å². The fraction of sp³-hybridized carbons (Fsp3) is 0.462. The summed E-state index contributed by atoms with van der Waals surface area (Å²) < 4.78 is 1.09. The highest BCUT2D eigenvalue weighted by molar-refractivity contribution is 9.11. The second kappa shape index (κ2) is 6.50. The van der Waals surface area contributed by atoms with Crippen molar-refractivity contribution in [3.05, 3.63) is 26.9 Å². The van der Waals surface area contributed by atoms with Crippen molar-refractivity contribution < 1.29 is 4.79 Å². The van der Waals surface area contributed by atoms with Gasteiger partial charge in [0.15, 0.2) is 0 Å². The van der Waals surface area contributed by atoms with Gasteiger partial charge in [0.2, 0.25) is 5.91 Å². The molecule has 98 valence electrons. The smallest absolute Gasteiger partial charge is 0.246 e. The lowest BCUT2D eigenvalue weighted by Gasteiger charge is -2.33. The highest BCUT2D eigenvalue weighted by atomic mass is 79.9. The van der Waals surface area contributed by atoms with Gasteiger partial charge in [0, 0.05) is 37.1 Å². The predicted molar refractivity (Wildman–Crippen MR) is 79.7 cm³/mol. The van der Waals surface area contributed by atoms with Crippen molar-refractivity contribution in [1.82, 2.24) is 9.80 Å². The van der Waals surface area contributed by atoms with Crippen LogP contribution < -0.4 is 0 Å². The van der Waals surface area contributed by atoms with Crippen molar-refractivity contribution in [2.24, 2.45) is 0 Å². The summed E-state index contributed by atoms with van der Waals surface area (Å²) in [5.74, 6) is 0.121. The van der Waals surface area contributed by atoms with Crippen LogP contribution in [0.4, 0.5) is 0 Å². The molecule has 2 rings (SSSR count). The minimum absolute atomic E-state index is 0.121. The third-order valence-electron chi connectivity index (χ3n) is 3.12. The number of thiophene rings is 1. The minimum Gasteiger partial charge on any atom is -0.337 e. The number of halogens is 1. The molecule has 1 aromatic heterocycles. The van der Waals surface area contributed by atoms with Gasteiger partial charge in [-0.3, -0.25) is 4.79 Å². The zero-order valence-electron chi connectivity index (χ0n) is 10.4. The number of hydrogen-bond donors (Lipinski definition) is 0. The minimum atomic E-state index is 0.121. The van der Waals surface area contributed by atoms with Crippen LogP contribution in [0.1, 0.15) is 11.8 Å². The molecule has 3 nitrogen and oxygen atoms in total. The molecule has 0 atom stereocenters. The molecule has 0 N–H and O–H groups in total. The topological polar surface area (TPSA) is 23.6 Å². The fourth-order valence-corrected chi connectivity index (χ4v) is 3.29. The van der Waals surface area contributed by atoms with Gasteiger partial charge in [-0.15, -0.1) is 11.3 Å². The summed E-state index contributed by atoms with van der Waals surface area (Å²) in [5, 5.41) is 0. The van der Waals surface area contributed by atoms with E-state index in [-0.39, 0.29) is 5.91 Å². The van der Waals surface area contributed by atoms with E-state index in [0.29, 0.717) is 0 Å². The zero-order valence-corrected chi connectivity index (χ0v) is 12.8. The van der Waals surface area contributed by atoms with Crippen molar-refractivity contribution in [3.8, 4) is 0 Å². The summed E-state index contributed by atoms with van der Waals surface area (Å²) >= 11 is 5.05. The largest absolute Gasteiger partial charge is 0.337 e. The summed E-state index contributed by atoms with van der Waals surface area (Å²) in [4.78, 5) is 17.4. The SMILES string of the molecule is CCN1CCN(C(=O)C=Cc2ccc(Br)s2)CC1. The number of amides is 1. The summed E-state index contributed by atoms with van der Waals surface area (Å²) in [7, 11) is 0. The first-order valence-corrected chi connectivity index (χ1v) is 7.74. The molecular weight excluding hydrogens is 312 g/mol. The van der Waals surface area contributed by atoms with E-state index < -0.39 is 0 Å². The van der Waals surface area contributed by atoms with Crippen LogP contribution in [0.5, 0.6) is 0 Å². The highest BCUT2D eigenvalue weighted by Gasteiger charge is 2.18. The second-order valence-corrected chi connectivity index (χ2v) is 6.73. The Balaban J connectivity index is 1.87. The number of nitrogens with zero attached hydrogens (tertiary/aromatic N) is 2. The van der Waals surface area contributed by atoms with Crippen molar-refractivity contribution >= 4 is 39.2 Å². The molecular formula is C13H17BrN2OS. The van der Waals surface area contributed by atoms with E-state index in [1.54, 1.807) is 17.4 Å². The summed E-state index contributed by atoms with van der Waals surface area (Å²) in [6, 6.07) is 4.00. The molecule has 1 aliphatic heterocycles. The number of hydrogen-bond acceptors (Lipinski definition) is 3. The van der Waals surface area contributed by atoms with Crippen LogP contribution >= 0.6 is 27.3 Å². The van der Waals surface area contributed by atoms with Gasteiger partial charge in [-0.2, -0.15) is 0 Å². The van der Waals surface area contributed by atoms with Gasteiger partial charge in [-0.1, -0.05) is 6.92 Å². The predicted octanol–water partition coefficient (Wildman–Crippen LogP) is 2.69. The Morgan fingerprint density at radius 1 is 1.39 bits per heavy atom. The molecule has 1 aromatic rings. The molecule has 0 radical (unpaired) electrons.